The van der Waals surface area contributed by atoms with Gasteiger partial charge < -0.3 is 5.11 Å². The lowest BCUT2D eigenvalue weighted by Gasteiger charge is -2.09. The van der Waals surface area contributed by atoms with Crippen LogP contribution >= 0.6 is 0 Å². The first-order valence-corrected chi connectivity index (χ1v) is 6.69. The Kier molecular flexibility index (Phi) is 3.17. The molecule has 0 spiro atoms. The van der Waals surface area contributed by atoms with Crippen molar-refractivity contribution in [3.8, 4) is 11.4 Å². The Morgan fingerprint density at radius 2 is 1.81 bits per heavy atom. The van der Waals surface area contributed by atoms with E-state index in [1.54, 1.807) is 19.9 Å². The van der Waals surface area contributed by atoms with Crippen LogP contribution in [0.15, 0.2) is 36.4 Å². The first-order chi connectivity index (χ1) is 10.0. The minimum Gasteiger partial charge on any atom is -0.505 e. The number of fused-ring (bicyclic) bond motifs is 1. The van der Waals surface area contributed by atoms with Crippen molar-refractivity contribution in [2.24, 2.45) is 0 Å². The fourth-order valence-corrected chi connectivity index (χ4v) is 2.34. The summed E-state index contributed by atoms with van der Waals surface area (Å²) in [5, 5.41) is 19.0. The third kappa shape index (κ3) is 2.50. The van der Waals surface area contributed by atoms with Gasteiger partial charge in [-0.3, -0.25) is 4.79 Å². The minimum atomic E-state index is 0.0737. The summed E-state index contributed by atoms with van der Waals surface area (Å²) < 4.78 is 0. The predicted molar refractivity (Wildman–Crippen MR) is 79.7 cm³/mol. The van der Waals surface area contributed by atoms with Crippen LogP contribution in [0.3, 0.4) is 0 Å². The number of hydrogen-bond donors (Lipinski definition) is 1. The summed E-state index contributed by atoms with van der Waals surface area (Å²) in [6, 6.07) is 11.1. The van der Waals surface area contributed by atoms with Gasteiger partial charge in [0.15, 0.2) is 0 Å². The summed E-state index contributed by atoms with van der Waals surface area (Å²) >= 11 is 0. The molecule has 3 rings (SSSR count). The van der Waals surface area contributed by atoms with E-state index in [1.165, 1.54) is 4.80 Å². The number of carbonyl (C=O) groups excluding carboxylic acids is 1. The molecular formula is C16H15N3O2. The Hall–Kier alpha value is -2.69. The van der Waals surface area contributed by atoms with Gasteiger partial charge >= 0.3 is 0 Å². The number of aromatic nitrogens is 3. The highest BCUT2D eigenvalue weighted by atomic mass is 16.3. The van der Waals surface area contributed by atoms with Crippen molar-refractivity contribution >= 4 is 16.8 Å². The highest BCUT2D eigenvalue weighted by molar-refractivity contribution is 5.79. The molecule has 0 aliphatic heterocycles. The fraction of sp³-hybridized carbons (Fsp3) is 0.188. The number of ketones is 1. The van der Waals surface area contributed by atoms with Crippen molar-refractivity contribution in [1.82, 2.24) is 15.0 Å². The number of benzene rings is 2. The van der Waals surface area contributed by atoms with Gasteiger partial charge in [-0.15, -0.1) is 15.0 Å². The largest absolute Gasteiger partial charge is 0.505 e. The van der Waals surface area contributed by atoms with Gasteiger partial charge in [0, 0.05) is 6.42 Å². The van der Waals surface area contributed by atoms with E-state index in [4.69, 9.17) is 0 Å². The maximum Gasteiger partial charge on any atom is 0.146 e. The van der Waals surface area contributed by atoms with Crippen LogP contribution in [0.2, 0.25) is 0 Å². The quantitative estimate of drug-likeness (QED) is 0.801. The Morgan fingerprint density at radius 1 is 1.19 bits per heavy atom. The van der Waals surface area contributed by atoms with Crippen molar-refractivity contribution in [1.29, 1.82) is 0 Å². The molecule has 0 bridgehead atoms. The number of carbonyl (C=O) groups is 1. The third-order valence-corrected chi connectivity index (χ3v) is 3.30. The molecule has 3 aromatic rings. The highest BCUT2D eigenvalue weighted by Gasteiger charge is 2.13. The summed E-state index contributed by atoms with van der Waals surface area (Å²) in [5.41, 5.74) is 3.54. The maximum absolute atomic E-state index is 11.3. The lowest BCUT2D eigenvalue weighted by Crippen LogP contribution is -2.03. The van der Waals surface area contributed by atoms with Crippen LogP contribution in [0, 0.1) is 6.92 Å². The number of aromatic hydroxyl groups is 1. The zero-order valence-corrected chi connectivity index (χ0v) is 11.9. The van der Waals surface area contributed by atoms with Crippen molar-refractivity contribution in [2.45, 2.75) is 20.3 Å². The smallest absolute Gasteiger partial charge is 0.146 e. The first-order valence-electron chi connectivity index (χ1n) is 6.69. The zero-order valence-electron chi connectivity index (χ0n) is 11.9. The van der Waals surface area contributed by atoms with E-state index >= 15 is 0 Å². The molecule has 0 amide bonds. The monoisotopic (exact) mass is 281 g/mol. The van der Waals surface area contributed by atoms with Gasteiger partial charge in [0.05, 0.1) is 0 Å². The summed E-state index contributed by atoms with van der Waals surface area (Å²) in [6.45, 7) is 3.34. The van der Waals surface area contributed by atoms with Crippen molar-refractivity contribution < 1.29 is 9.90 Å². The summed E-state index contributed by atoms with van der Waals surface area (Å²) in [7, 11) is 0. The minimum absolute atomic E-state index is 0.0737. The Labute approximate surface area is 121 Å². The molecule has 0 fully saturated rings. The zero-order chi connectivity index (χ0) is 15.0. The van der Waals surface area contributed by atoms with Crippen LogP contribution in [-0.4, -0.2) is 25.9 Å². The summed E-state index contributed by atoms with van der Waals surface area (Å²) in [5.74, 6) is 0.201. The van der Waals surface area contributed by atoms with Crippen molar-refractivity contribution in [3.05, 3.63) is 47.5 Å². The van der Waals surface area contributed by atoms with E-state index in [-0.39, 0.29) is 11.5 Å². The van der Waals surface area contributed by atoms with Crippen molar-refractivity contribution in [3.63, 3.8) is 0 Å². The van der Waals surface area contributed by atoms with E-state index in [2.05, 4.69) is 10.2 Å². The third-order valence-electron chi connectivity index (χ3n) is 3.30. The average molecular weight is 281 g/mol. The molecule has 0 aliphatic carbocycles. The molecule has 0 saturated carbocycles. The van der Waals surface area contributed by atoms with Gasteiger partial charge in [0.2, 0.25) is 0 Å². The van der Waals surface area contributed by atoms with Crippen LogP contribution in [0.1, 0.15) is 18.1 Å². The number of nitrogens with zero attached hydrogens (tertiary/aromatic N) is 3. The first kappa shape index (κ1) is 13.3. The second-order valence-corrected chi connectivity index (χ2v) is 5.14. The molecule has 2 aromatic carbocycles. The van der Waals surface area contributed by atoms with Gasteiger partial charge in [-0.1, -0.05) is 18.2 Å². The van der Waals surface area contributed by atoms with Crippen molar-refractivity contribution in [2.75, 3.05) is 0 Å². The lowest BCUT2D eigenvalue weighted by molar-refractivity contribution is -0.116. The number of phenolic OH excluding ortho intramolecular Hbond substituents is 1. The molecule has 106 valence electrons. The molecule has 0 radical (unpaired) electrons. The second-order valence-electron chi connectivity index (χ2n) is 5.14. The number of hydrogen-bond acceptors (Lipinski definition) is 4. The Balaban J connectivity index is 2.15. The molecule has 0 atom stereocenters. The van der Waals surface area contributed by atoms with Crippen LogP contribution in [0.4, 0.5) is 0 Å². The highest BCUT2D eigenvalue weighted by Crippen LogP contribution is 2.27. The van der Waals surface area contributed by atoms with E-state index in [9.17, 15) is 9.90 Å². The SMILES string of the molecule is CC(=O)Cc1cc(C)c(O)c(-n2nc3ccccc3n2)c1. The van der Waals surface area contributed by atoms with E-state index in [1.807, 2.05) is 30.3 Å². The summed E-state index contributed by atoms with van der Waals surface area (Å²) in [4.78, 5) is 12.7. The molecule has 5 heteroatoms. The number of rotatable bonds is 3. The lowest BCUT2D eigenvalue weighted by atomic mass is 10.0. The summed E-state index contributed by atoms with van der Waals surface area (Å²) in [6.07, 6.45) is 0.328. The number of Topliss-reactive ketones (excluding diaryl/α,β-unsaturated/α-hetero) is 1. The number of phenols is 1. The maximum atomic E-state index is 11.3. The van der Waals surface area contributed by atoms with Crippen LogP contribution in [-0.2, 0) is 11.2 Å². The Morgan fingerprint density at radius 3 is 2.38 bits per heavy atom. The van der Waals surface area contributed by atoms with Gasteiger partial charge in [-0.25, -0.2) is 0 Å². The van der Waals surface area contributed by atoms with Crippen LogP contribution < -0.4 is 0 Å². The van der Waals surface area contributed by atoms with Gasteiger partial charge in [-0.05, 0) is 43.2 Å². The topological polar surface area (TPSA) is 68.0 Å². The van der Waals surface area contributed by atoms with Gasteiger partial charge in [0.25, 0.3) is 0 Å². The molecule has 5 nitrogen and oxygen atoms in total. The fourth-order valence-electron chi connectivity index (χ4n) is 2.34. The predicted octanol–water partition coefficient (Wildman–Crippen LogP) is 2.57. The van der Waals surface area contributed by atoms with Gasteiger partial charge in [-0.2, -0.15) is 0 Å². The van der Waals surface area contributed by atoms with Gasteiger partial charge in [0.1, 0.15) is 28.3 Å². The van der Waals surface area contributed by atoms with E-state index in [0.29, 0.717) is 17.7 Å². The Bertz CT molecular complexity index is 804. The molecule has 1 heterocycles. The molecule has 0 saturated heterocycles. The molecule has 0 aliphatic rings. The number of aryl methyl sites for hydroxylation is 1. The standard InChI is InChI=1S/C16H15N3O2/c1-10-7-12(8-11(2)20)9-15(16(10)21)19-17-13-5-3-4-6-14(13)18-19/h3-7,9,21H,8H2,1-2H3. The van der Waals surface area contributed by atoms with Crippen LogP contribution in [0.25, 0.3) is 16.7 Å². The van der Waals surface area contributed by atoms with E-state index < -0.39 is 0 Å². The molecule has 1 aromatic heterocycles. The van der Waals surface area contributed by atoms with E-state index in [0.717, 1.165) is 16.6 Å². The molecular weight excluding hydrogens is 266 g/mol. The molecule has 21 heavy (non-hydrogen) atoms. The van der Waals surface area contributed by atoms with Crippen LogP contribution in [0.5, 0.6) is 5.75 Å². The molecule has 1 N–H and O–H groups in total. The average Bonchev–Trinajstić information content (AvgIpc) is 2.85. The molecule has 0 unspecified atom stereocenters. The normalized spacial score (nSPS) is 11.0. The second kappa shape index (κ2) is 5.01.